The summed E-state index contributed by atoms with van der Waals surface area (Å²) in [4.78, 5) is 19.0. The molecule has 0 bridgehead atoms. The van der Waals surface area contributed by atoms with E-state index in [1.807, 2.05) is 28.5 Å². The molecule has 2 heterocycles. The first-order valence-corrected chi connectivity index (χ1v) is 9.51. The lowest BCUT2D eigenvalue weighted by molar-refractivity contribution is -0.132. The lowest BCUT2D eigenvalue weighted by atomic mass is 10.00. The van der Waals surface area contributed by atoms with Crippen molar-refractivity contribution in [3.05, 3.63) is 52.0 Å². The number of rotatable bonds is 5. The maximum Gasteiger partial charge on any atom is 0.228 e. The number of benzene rings is 1. The molecule has 0 saturated carbocycles. The van der Waals surface area contributed by atoms with Crippen LogP contribution in [-0.2, 0) is 17.6 Å². The fourth-order valence-electron chi connectivity index (χ4n) is 3.21. The van der Waals surface area contributed by atoms with E-state index < -0.39 is 0 Å². The fraction of sp³-hybridized carbons (Fsp3) is 0.474. The van der Waals surface area contributed by atoms with Crippen LogP contribution in [0.1, 0.15) is 42.1 Å². The van der Waals surface area contributed by atoms with E-state index in [2.05, 4.69) is 24.0 Å². The fourth-order valence-corrected chi connectivity index (χ4v) is 4.03. The number of carbonyl (C=O) groups excluding carboxylic acids is 1. The first-order valence-electron chi connectivity index (χ1n) is 8.63. The number of nitrogens with zero attached hydrogens (tertiary/aromatic N) is 2. The van der Waals surface area contributed by atoms with Crippen LogP contribution in [0.15, 0.2) is 35.7 Å². The highest BCUT2D eigenvalue weighted by molar-refractivity contribution is 7.09. The number of hydrogen-bond acceptors (Lipinski definition) is 4. The Morgan fingerprint density at radius 2 is 2.21 bits per heavy atom. The van der Waals surface area contributed by atoms with Gasteiger partial charge in [-0.1, -0.05) is 37.3 Å². The van der Waals surface area contributed by atoms with Gasteiger partial charge in [0, 0.05) is 18.5 Å². The molecule has 5 heteroatoms. The Morgan fingerprint density at radius 3 is 2.96 bits per heavy atom. The van der Waals surface area contributed by atoms with Crippen LogP contribution in [0.2, 0.25) is 0 Å². The third-order valence-electron chi connectivity index (χ3n) is 4.53. The molecule has 1 amide bonds. The van der Waals surface area contributed by atoms with E-state index in [4.69, 9.17) is 5.73 Å². The molecule has 0 aliphatic carbocycles. The van der Waals surface area contributed by atoms with Gasteiger partial charge in [0.05, 0.1) is 18.2 Å². The van der Waals surface area contributed by atoms with Gasteiger partial charge in [0.25, 0.3) is 0 Å². The molecule has 2 aromatic rings. The lowest BCUT2D eigenvalue weighted by Gasteiger charge is -2.30. The minimum atomic E-state index is -0.115. The summed E-state index contributed by atoms with van der Waals surface area (Å²) in [6, 6.07) is 10.1. The zero-order valence-corrected chi connectivity index (χ0v) is 15.0. The van der Waals surface area contributed by atoms with Gasteiger partial charge < -0.3 is 10.6 Å². The van der Waals surface area contributed by atoms with Crippen molar-refractivity contribution in [1.29, 1.82) is 0 Å². The summed E-state index contributed by atoms with van der Waals surface area (Å²) >= 11 is 1.56. The monoisotopic (exact) mass is 343 g/mol. The molecule has 2 atom stereocenters. The Morgan fingerprint density at radius 1 is 1.42 bits per heavy atom. The van der Waals surface area contributed by atoms with Crippen molar-refractivity contribution in [2.75, 3.05) is 13.1 Å². The van der Waals surface area contributed by atoms with Gasteiger partial charge in [-0.3, -0.25) is 4.79 Å². The quantitative estimate of drug-likeness (QED) is 0.907. The van der Waals surface area contributed by atoms with Crippen molar-refractivity contribution in [3.63, 3.8) is 0 Å². The summed E-state index contributed by atoms with van der Waals surface area (Å²) in [6.45, 7) is 3.97. The first kappa shape index (κ1) is 17.1. The van der Waals surface area contributed by atoms with Gasteiger partial charge in [-0.05, 0) is 30.7 Å². The minimum Gasteiger partial charge on any atom is -0.342 e. The molecule has 1 fully saturated rings. The molecule has 1 aromatic heterocycles. The largest absolute Gasteiger partial charge is 0.342 e. The molecular weight excluding hydrogens is 318 g/mol. The van der Waals surface area contributed by atoms with E-state index in [0.717, 1.165) is 36.6 Å². The Bertz CT molecular complexity index is 670. The smallest absolute Gasteiger partial charge is 0.228 e. The first-order chi connectivity index (χ1) is 11.6. The van der Waals surface area contributed by atoms with E-state index in [1.54, 1.807) is 11.3 Å². The second-order valence-corrected chi connectivity index (χ2v) is 7.63. The highest BCUT2D eigenvalue weighted by Crippen LogP contribution is 2.22. The van der Waals surface area contributed by atoms with Crippen molar-refractivity contribution >= 4 is 17.2 Å². The summed E-state index contributed by atoms with van der Waals surface area (Å²) < 4.78 is 0. The molecule has 0 radical (unpaired) electrons. The van der Waals surface area contributed by atoms with Crippen LogP contribution in [0.5, 0.6) is 0 Å². The van der Waals surface area contributed by atoms with Crippen LogP contribution in [0.3, 0.4) is 0 Å². The molecule has 1 aromatic carbocycles. The van der Waals surface area contributed by atoms with E-state index >= 15 is 0 Å². The van der Waals surface area contributed by atoms with Gasteiger partial charge in [-0.25, -0.2) is 4.98 Å². The molecule has 4 nitrogen and oxygen atoms in total. The number of carbonyl (C=O) groups is 1. The summed E-state index contributed by atoms with van der Waals surface area (Å²) in [7, 11) is 0. The van der Waals surface area contributed by atoms with Crippen LogP contribution in [0.25, 0.3) is 0 Å². The van der Waals surface area contributed by atoms with Gasteiger partial charge >= 0.3 is 0 Å². The Hall–Kier alpha value is -1.72. The lowest BCUT2D eigenvalue weighted by Crippen LogP contribution is -2.40. The molecule has 1 aliphatic heterocycles. The summed E-state index contributed by atoms with van der Waals surface area (Å²) in [6.07, 6.45) is 3.49. The van der Waals surface area contributed by atoms with E-state index in [9.17, 15) is 4.79 Å². The SMILES string of the molecule is CC1CCCN(C(=O)Cc2csc(C(N)Cc3ccccc3)n2)C1. The Labute approximate surface area is 147 Å². The van der Waals surface area contributed by atoms with Crippen molar-refractivity contribution in [2.24, 2.45) is 11.7 Å². The zero-order chi connectivity index (χ0) is 16.9. The van der Waals surface area contributed by atoms with E-state index in [-0.39, 0.29) is 11.9 Å². The molecule has 1 aliphatic rings. The molecule has 24 heavy (non-hydrogen) atoms. The second kappa shape index (κ2) is 7.90. The third kappa shape index (κ3) is 4.42. The molecule has 2 N–H and O–H groups in total. The van der Waals surface area contributed by atoms with Crippen LogP contribution in [-0.4, -0.2) is 28.9 Å². The number of piperidine rings is 1. The number of hydrogen-bond donors (Lipinski definition) is 1. The number of aromatic nitrogens is 1. The van der Waals surface area contributed by atoms with Gasteiger partial charge in [0.1, 0.15) is 5.01 Å². The number of thiazole rings is 1. The summed E-state index contributed by atoms with van der Waals surface area (Å²) in [5, 5.41) is 2.89. The maximum atomic E-state index is 12.4. The van der Waals surface area contributed by atoms with Crippen LogP contribution in [0.4, 0.5) is 0 Å². The predicted molar refractivity (Wildman–Crippen MR) is 97.9 cm³/mol. The molecule has 128 valence electrons. The maximum absolute atomic E-state index is 12.4. The number of nitrogens with two attached hydrogens (primary N) is 1. The highest BCUT2D eigenvalue weighted by Gasteiger charge is 2.22. The molecular formula is C19H25N3OS. The second-order valence-electron chi connectivity index (χ2n) is 6.74. The summed E-state index contributed by atoms with van der Waals surface area (Å²) in [5.74, 6) is 0.794. The predicted octanol–water partition coefficient (Wildman–Crippen LogP) is 3.19. The van der Waals surface area contributed by atoms with E-state index in [1.165, 1.54) is 12.0 Å². The van der Waals surface area contributed by atoms with E-state index in [0.29, 0.717) is 12.3 Å². The van der Waals surface area contributed by atoms with Gasteiger partial charge in [-0.2, -0.15) is 0 Å². The van der Waals surface area contributed by atoms with Crippen molar-refractivity contribution < 1.29 is 4.79 Å². The highest BCUT2D eigenvalue weighted by atomic mass is 32.1. The van der Waals surface area contributed by atoms with Crippen molar-refractivity contribution in [2.45, 2.75) is 38.6 Å². The van der Waals surface area contributed by atoms with Gasteiger partial charge in [0.15, 0.2) is 0 Å². The molecule has 3 rings (SSSR count). The number of likely N-dealkylation sites (tertiary alicyclic amines) is 1. The Balaban J connectivity index is 1.57. The van der Waals surface area contributed by atoms with Crippen molar-refractivity contribution in [1.82, 2.24) is 9.88 Å². The molecule has 1 saturated heterocycles. The topological polar surface area (TPSA) is 59.2 Å². The van der Waals surface area contributed by atoms with Crippen LogP contribution in [0, 0.1) is 5.92 Å². The van der Waals surface area contributed by atoms with Crippen molar-refractivity contribution in [3.8, 4) is 0 Å². The van der Waals surface area contributed by atoms with Crippen LogP contribution < -0.4 is 5.73 Å². The number of amides is 1. The normalized spacial score (nSPS) is 19.2. The Kier molecular flexibility index (Phi) is 5.63. The van der Waals surface area contributed by atoms with Gasteiger partial charge in [-0.15, -0.1) is 11.3 Å². The minimum absolute atomic E-state index is 0.115. The zero-order valence-electron chi connectivity index (χ0n) is 14.1. The average molecular weight is 343 g/mol. The van der Waals surface area contributed by atoms with Gasteiger partial charge in [0.2, 0.25) is 5.91 Å². The molecule has 0 spiro atoms. The summed E-state index contributed by atoms with van der Waals surface area (Å²) in [5.41, 5.74) is 8.34. The third-order valence-corrected chi connectivity index (χ3v) is 5.55. The average Bonchev–Trinajstić information content (AvgIpc) is 3.04. The molecule has 2 unspecified atom stereocenters. The van der Waals surface area contributed by atoms with Crippen LogP contribution >= 0.6 is 11.3 Å². The standard InChI is InChI=1S/C19H25N3OS/c1-14-6-5-9-22(12-14)18(23)11-16-13-24-19(21-16)17(20)10-15-7-3-2-4-8-15/h2-4,7-8,13-14,17H,5-6,9-12,20H2,1H3.